The number of amides is 1. The number of fused-ring (bicyclic) bond motifs is 4. The Morgan fingerprint density at radius 3 is 3.03 bits per heavy atom. The number of hydrogen-bond donors (Lipinski definition) is 2. The summed E-state index contributed by atoms with van der Waals surface area (Å²) in [6, 6.07) is 11.4. The lowest BCUT2D eigenvalue weighted by Gasteiger charge is -2.17. The number of benzene rings is 1. The molecule has 0 fully saturated rings. The minimum atomic E-state index is -0.159. The van der Waals surface area contributed by atoms with Crippen molar-refractivity contribution in [1.82, 2.24) is 24.5 Å². The molecule has 0 spiro atoms. The number of aromatic nitrogens is 4. The number of nitrogens with zero attached hydrogens (tertiary/aromatic N) is 3. The van der Waals surface area contributed by atoms with Crippen LogP contribution in [-0.4, -0.2) is 31.6 Å². The summed E-state index contributed by atoms with van der Waals surface area (Å²) >= 11 is 0. The van der Waals surface area contributed by atoms with Crippen molar-refractivity contribution in [3.63, 3.8) is 0 Å². The first-order valence-corrected chi connectivity index (χ1v) is 10.6. The fourth-order valence-electron chi connectivity index (χ4n) is 4.44. The SMILES string of the molecule is CC1CCc2[nH]c3c(C(=O)NCCCn4nc5ccccn5c4=O)cccc3c2C1. The Morgan fingerprint density at radius 2 is 2.17 bits per heavy atom. The molecule has 0 saturated carbocycles. The molecule has 1 atom stereocenters. The maximum atomic E-state index is 12.8. The molecule has 5 rings (SSSR count). The lowest BCUT2D eigenvalue weighted by Crippen LogP contribution is -2.27. The van der Waals surface area contributed by atoms with Crippen LogP contribution in [0.3, 0.4) is 0 Å². The van der Waals surface area contributed by atoms with Gasteiger partial charge in [0, 0.05) is 30.4 Å². The molecule has 0 aliphatic heterocycles. The number of H-pyrrole nitrogens is 1. The van der Waals surface area contributed by atoms with Gasteiger partial charge in [-0.2, -0.15) is 0 Å². The Bertz CT molecular complexity index is 1300. The van der Waals surface area contributed by atoms with Gasteiger partial charge in [0.2, 0.25) is 0 Å². The zero-order chi connectivity index (χ0) is 20.7. The highest BCUT2D eigenvalue weighted by molar-refractivity contribution is 6.06. The van der Waals surface area contributed by atoms with E-state index < -0.39 is 0 Å². The van der Waals surface area contributed by atoms with Gasteiger partial charge in [0.25, 0.3) is 5.91 Å². The topological polar surface area (TPSA) is 84.2 Å². The first-order chi connectivity index (χ1) is 14.6. The number of aryl methyl sites for hydroxylation is 2. The Morgan fingerprint density at radius 1 is 1.27 bits per heavy atom. The van der Waals surface area contributed by atoms with E-state index in [2.05, 4.69) is 28.4 Å². The van der Waals surface area contributed by atoms with Crippen LogP contribution >= 0.6 is 0 Å². The normalized spacial score (nSPS) is 16.1. The van der Waals surface area contributed by atoms with Crippen molar-refractivity contribution >= 4 is 22.5 Å². The van der Waals surface area contributed by atoms with E-state index in [0.29, 0.717) is 36.6 Å². The molecular formula is C23H25N5O2. The van der Waals surface area contributed by atoms with E-state index in [0.717, 1.165) is 18.4 Å². The number of nitrogens with one attached hydrogen (secondary N) is 2. The van der Waals surface area contributed by atoms with Crippen LogP contribution in [0.15, 0.2) is 47.4 Å². The van der Waals surface area contributed by atoms with E-state index in [-0.39, 0.29) is 11.6 Å². The van der Waals surface area contributed by atoms with Crippen LogP contribution in [0.5, 0.6) is 0 Å². The quantitative estimate of drug-likeness (QED) is 0.503. The maximum absolute atomic E-state index is 12.8. The first kappa shape index (κ1) is 18.7. The van der Waals surface area contributed by atoms with Crippen LogP contribution in [0, 0.1) is 5.92 Å². The van der Waals surface area contributed by atoms with E-state index >= 15 is 0 Å². The Labute approximate surface area is 173 Å². The largest absolute Gasteiger partial charge is 0.358 e. The van der Waals surface area contributed by atoms with Gasteiger partial charge in [0.05, 0.1) is 11.1 Å². The van der Waals surface area contributed by atoms with Crippen LogP contribution in [0.1, 0.15) is 41.4 Å². The third-order valence-corrected chi connectivity index (χ3v) is 6.03. The molecule has 0 saturated heterocycles. The zero-order valence-electron chi connectivity index (χ0n) is 17.0. The second kappa shape index (κ2) is 7.48. The van der Waals surface area contributed by atoms with Gasteiger partial charge in [0.1, 0.15) is 0 Å². The fraction of sp³-hybridized carbons (Fsp3) is 0.348. The van der Waals surface area contributed by atoms with E-state index in [1.807, 2.05) is 18.2 Å². The number of rotatable bonds is 5. The van der Waals surface area contributed by atoms with Gasteiger partial charge in [-0.1, -0.05) is 25.1 Å². The van der Waals surface area contributed by atoms with Crippen molar-refractivity contribution in [2.45, 2.75) is 39.2 Å². The van der Waals surface area contributed by atoms with Crippen molar-refractivity contribution in [3.05, 3.63) is 69.9 Å². The molecule has 1 amide bonds. The van der Waals surface area contributed by atoms with Crippen LogP contribution in [0.25, 0.3) is 16.6 Å². The molecular weight excluding hydrogens is 378 g/mol. The highest BCUT2D eigenvalue weighted by Gasteiger charge is 2.22. The number of para-hydroxylation sites is 1. The van der Waals surface area contributed by atoms with Crippen molar-refractivity contribution < 1.29 is 4.79 Å². The smallest absolute Gasteiger partial charge is 0.350 e. The Balaban J connectivity index is 1.27. The second-order valence-corrected chi connectivity index (χ2v) is 8.20. The van der Waals surface area contributed by atoms with Gasteiger partial charge in [-0.25, -0.2) is 9.48 Å². The van der Waals surface area contributed by atoms with Crippen LogP contribution < -0.4 is 11.0 Å². The number of carbonyl (C=O) groups is 1. The number of hydrogen-bond acceptors (Lipinski definition) is 3. The molecule has 3 aromatic heterocycles. The maximum Gasteiger partial charge on any atom is 0.350 e. The summed E-state index contributed by atoms with van der Waals surface area (Å²) in [5.41, 5.74) is 4.72. The van der Waals surface area contributed by atoms with E-state index in [4.69, 9.17) is 0 Å². The number of carbonyl (C=O) groups excluding carboxylic acids is 1. The minimum Gasteiger partial charge on any atom is -0.358 e. The van der Waals surface area contributed by atoms with Crippen LogP contribution in [-0.2, 0) is 19.4 Å². The summed E-state index contributed by atoms with van der Waals surface area (Å²) in [5, 5.41) is 8.48. The summed E-state index contributed by atoms with van der Waals surface area (Å²) in [6.45, 7) is 3.22. The van der Waals surface area contributed by atoms with Crippen molar-refractivity contribution in [1.29, 1.82) is 0 Å². The molecule has 7 nitrogen and oxygen atoms in total. The fourth-order valence-corrected chi connectivity index (χ4v) is 4.44. The predicted molar refractivity (Wildman–Crippen MR) is 116 cm³/mol. The Hall–Kier alpha value is -3.35. The summed E-state index contributed by atoms with van der Waals surface area (Å²) in [7, 11) is 0. The van der Waals surface area contributed by atoms with Gasteiger partial charge >= 0.3 is 5.69 Å². The highest BCUT2D eigenvalue weighted by atomic mass is 16.2. The number of aromatic amines is 1. The van der Waals surface area contributed by atoms with Crippen molar-refractivity contribution in [2.24, 2.45) is 5.92 Å². The van der Waals surface area contributed by atoms with Gasteiger partial charge in [-0.3, -0.25) is 9.20 Å². The molecule has 4 aromatic rings. The molecule has 0 bridgehead atoms. The van der Waals surface area contributed by atoms with Crippen molar-refractivity contribution in [2.75, 3.05) is 6.54 Å². The average molecular weight is 403 g/mol. The molecule has 2 N–H and O–H groups in total. The third kappa shape index (κ3) is 3.20. The first-order valence-electron chi connectivity index (χ1n) is 10.6. The van der Waals surface area contributed by atoms with Crippen LogP contribution in [0.4, 0.5) is 0 Å². The molecule has 154 valence electrons. The predicted octanol–water partition coefficient (Wildman–Crippen LogP) is 2.92. The average Bonchev–Trinajstić information content (AvgIpc) is 3.28. The summed E-state index contributed by atoms with van der Waals surface area (Å²) < 4.78 is 2.97. The standard InChI is InChI=1S/C23H25N5O2/c1-15-9-10-19-18(14-15)16-6-4-7-17(21(16)25-19)22(29)24-11-5-13-28-23(30)27-12-3-2-8-20(27)26-28/h2-4,6-8,12,15,25H,5,9-11,13-14H2,1H3,(H,24,29). The number of pyridine rings is 1. The molecule has 1 aliphatic rings. The van der Waals surface area contributed by atoms with Gasteiger partial charge in [-0.05, 0) is 55.4 Å². The summed E-state index contributed by atoms with van der Waals surface area (Å²) in [6.07, 6.45) is 5.63. The molecule has 1 aliphatic carbocycles. The van der Waals surface area contributed by atoms with Gasteiger partial charge in [0.15, 0.2) is 5.65 Å². The van der Waals surface area contributed by atoms with E-state index in [9.17, 15) is 9.59 Å². The van der Waals surface area contributed by atoms with Crippen molar-refractivity contribution in [3.8, 4) is 0 Å². The van der Waals surface area contributed by atoms with E-state index in [1.165, 1.54) is 32.1 Å². The minimum absolute atomic E-state index is 0.0883. The highest BCUT2D eigenvalue weighted by Crippen LogP contribution is 2.32. The molecule has 7 heteroatoms. The van der Waals surface area contributed by atoms with E-state index in [1.54, 1.807) is 18.3 Å². The molecule has 1 aromatic carbocycles. The zero-order valence-corrected chi connectivity index (χ0v) is 17.0. The third-order valence-electron chi connectivity index (χ3n) is 6.03. The summed E-state index contributed by atoms with van der Waals surface area (Å²) in [5.74, 6) is 0.589. The van der Waals surface area contributed by atoms with Gasteiger partial charge < -0.3 is 10.3 Å². The lowest BCUT2D eigenvalue weighted by atomic mass is 9.87. The second-order valence-electron chi connectivity index (χ2n) is 8.20. The van der Waals surface area contributed by atoms with Gasteiger partial charge in [-0.15, -0.1) is 5.10 Å². The summed E-state index contributed by atoms with van der Waals surface area (Å²) in [4.78, 5) is 28.7. The van der Waals surface area contributed by atoms with Crippen LogP contribution in [0.2, 0.25) is 0 Å². The Kier molecular flexibility index (Phi) is 4.65. The molecule has 3 heterocycles. The molecule has 1 unspecified atom stereocenters. The lowest BCUT2D eigenvalue weighted by molar-refractivity contribution is 0.0954. The molecule has 0 radical (unpaired) electrons. The molecule has 30 heavy (non-hydrogen) atoms. The monoisotopic (exact) mass is 403 g/mol.